The lowest BCUT2D eigenvalue weighted by atomic mass is 9.97. The average Bonchev–Trinajstić information content (AvgIpc) is 3.33. The number of aromatic nitrogens is 4. The smallest absolute Gasteiger partial charge is 0.274 e. The standard InChI is InChI=1S/C20H25N5O2/c1-15-5-3-7-18-22-17(14-25(15)18)20(26)24-9-4-6-16(13-24)19-21-8-10-23(19)11-12-27-2/h3,5,7-8,10,14,16H,4,6,9,11-13H2,1-2H3. The molecule has 3 aromatic heterocycles. The molecule has 1 saturated heterocycles. The van der Waals surface area contributed by atoms with Crippen LogP contribution in [-0.4, -0.2) is 56.5 Å². The number of pyridine rings is 1. The number of hydrogen-bond acceptors (Lipinski definition) is 4. The molecule has 1 fully saturated rings. The van der Waals surface area contributed by atoms with E-state index in [1.807, 2.05) is 53.0 Å². The van der Waals surface area contributed by atoms with Gasteiger partial charge < -0.3 is 18.6 Å². The van der Waals surface area contributed by atoms with E-state index in [9.17, 15) is 4.79 Å². The molecule has 0 radical (unpaired) electrons. The van der Waals surface area contributed by atoms with Crippen LogP contribution in [0.2, 0.25) is 0 Å². The fraction of sp³-hybridized carbons (Fsp3) is 0.450. The molecule has 3 aromatic rings. The third-order valence-electron chi connectivity index (χ3n) is 5.27. The fourth-order valence-electron chi connectivity index (χ4n) is 3.85. The molecule has 1 atom stereocenters. The summed E-state index contributed by atoms with van der Waals surface area (Å²) in [7, 11) is 1.70. The van der Waals surface area contributed by atoms with Crippen molar-refractivity contribution in [2.45, 2.75) is 32.2 Å². The predicted molar refractivity (Wildman–Crippen MR) is 102 cm³/mol. The zero-order valence-corrected chi connectivity index (χ0v) is 15.8. The maximum atomic E-state index is 13.1. The summed E-state index contributed by atoms with van der Waals surface area (Å²) >= 11 is 0. The zero-order valence-electron chi connectivity index (χ0n) is 15.8. The van der Waals surface area contributed by atoms with Gasteiger partial charge in [0, 0.05) is 56.9 Å². The van der Waals surface area contributed by atoms with Crippen molar-refractivity contribution in [3.8, 4) is 0 Å². The number of methoxy groups -OCH3 is 1. The number of rotatable bonds is 5. The van der Waals surface area contributed by atoms with Crippen molar-refractivity contribution in [2.24, 2.45) is 0 Å². The van der Waals surface area contributed by atoms with Crippen LogP contribution in [0.4, 0.5) is 0 Å². The van der Waals surface area contributed by atoms with Gasteiger partial charge in [0.1, 0.15) is 17.2 Å². The number of imidazole rings is 2. The minimum absolute atomic E-state index is 0.00204. The lowest BCUT2D eigenvalue weighted by Crippen LogP contribution is -2.40. The van der Waals surface area contributed by atoms with Gasteiger partial charge in [-0.15, -0.1) is 0 Å². The molecule has 4 rings (SSSR count). The normalized spacial score (nSPS) is 17.6. The summed E-state index contributed by atoms with van der Waals surface area (Å²) in [5, 5.41) is 0. The molecule has 1 amide bonds. The molecule has 4 heterocycles. The molecule has 0 N–H and O–H groups in total. The molecule has 7 nitrogen and oxygen atoms in total. The van der Waals surface area contributed by atoms with E-state index in [1.165, 1.54) is 0 Å². The second-order valence-corrected chi connectivity index (χ2v) is 7.08. The number of nitrogens with zero attached hydrogens (tertiary/aromatic N) is 5. The molecule has 0 bridgehead atoms. The Morgan fingerprint density at radius 3 is 3.07 bits per heavy atom. The number of carbonyl (C=O) groups is 1. The molecule has 1 aliphatic heterocycles. The largest absolute Gasteiger partial charge is 0.383 e. The molecule has 27 heavy (non-hydrogen) atoms. The van der Waals surface area contributed by atoms with Gasteiger partial charge >= 0.3 is 0 Å². The Bertz CT molecular complexity index is 945. The summed E-state index contributed by atoms with van der Waals surface area (Å²) in [6.45, 7) is 4.89. The third-order valence-corrected chi connectivity index (χ3v) is 5.27. The van der Waals surface area contributed by atoms with E-state index < -0.39 is 0 Å². The van der Waals surface area contributed by atoms with E-state index in [0.717, 1.165) is 43.1 Å². The van der Waals surface area contributed by atoms with Crippen molar-refractivity contribution in [3.05, 3.63) is 54.0 Å². The van der Waals surface area contributed by atoms with Crippen LogP contribution in [0.5, 0.6) is 0 Å². The number of hydrogen-bond donors (Lipinski definition) is 0. The van der Waals surface area contributed by atoms with Crippen molar-refractivity contribution in [3.63, 3.8) is 0 Å². The van der Waals surface area contributed by atoms with Gasteiger partial charge in [-0.25, -0.2) is 9.97 Å². The molecule has 1 aliphatic rings. The maximum Gasteiger partial charge on any atom is 0.274 e. The Hall–Kier alpha value is -2.67. The highest BCUT2D eigenvalue weighted by Crippen LogP contribution is 2.27. The van der Waals surface area contributed by atoms with Gasteiger partial charge in [-0.3, -0.25) is 4.79 Å². The highest BCUT2D eigenvalue weighted by Gasteiger charge is 2.29. The van der Waals surface area contributed by atoms with Gasteiger partial charge in [-0.2, -0.15) is 0 Å². The van der Waals surface area contributed by atoms with E-state index in [4.69, 9.17) is 4.74 Å². The van der Waals surface area contributed by atoms with Gasteiger partial charge in [0.15, 0.2) is 0 Å². The Labute approximate surface area is 158 Å². The van der Waals surface area contributed by atoms with Crippen molar-refractivity contribution in [2.75, 3.05) is 26.8 Å². The third kappa shape index (κ3) is 3.47. The Kier molecular flexibility index (Phi) is 4.94. The number of carbonyl (C=O) groups excluding carboxylic acids is 1. The summed E-state index contributed by atoms with van der Waals surface area (Å²) in [6, 6.07) is 5.90. The van der Waals surface area contributed by atoms with Crippen LogP contribution in [0.3, 0.4) is 0 Å². The molecular formula is C20H25N5O2. The van der Waals surface area contributed by atoms with E-state index in [-0.39, 0.29) is 11.8 Å². The summed E-state index contributed by atoms with van der Waals surface area (Å²) < 4.78 is 9.29. The minimum Gasteiger partial charge on any atom is -0.383 e. The van der Waals surface area contributed by atoms with Crippen LogP contribution in [0, 0.1) is 6.92 Å². The highest BCUT2D eigenvalue weighted by molar-refractivity contribution is 5.93. The van der Waals surface area contributed by atoms with Gasteiger partial charge in [0.05, 0.1) is 6.61 Å². The highest BCUT2D eigenvalue weighted by atomic mass is 16.5. The van der Waals surface area contributed by atoms with Gasteiger partial charge in [0.2, 0.25) is 0 Å². The fourth-order valence-corrected chi connectivity index (χ4v) is 3.85. The second kappa shape index (κ2) is 7.52. The van der Waals surface area contributed by atoms with Crippen molar-refractivity contribution >= 4 is 11.6 Å². The monoisotopic (exact) mass is 367 g/mol. The topological polar surface area (TPSA) is 64.7 Å². The van der Waals surface area contributed by atoms with E-state index in [1.54, 1.807) is 7.11 Å². The summed E-state index contributed by atoms with van der Waals surface area (Å²) in [6.07, 6.45) is 7.67. The molecule has 142 valence electrons. The summed E-state index contributed by atoms with van der Waals surface area (Å²) in [5.41, 5.74) is 2.38. The van der Waals surface area contributed by atoms with Crippen molar-refractivity contribution in [1.29, 1.82) is 0 Å². The quantitative estimate of drug-likeness (QED) is 0.695. The van der Waals surface area contributed by atoms with Crippen molar-refractivity contribution in [1.82, 2.24) is 23.8 Å². The van der Waals surface area contributed by atoms with Crippen molar-refractivity contribution < 1.29 is 9.53 Å². The Morgan fingerprint density at radius 2 is 2.26 bits per heavy atom. The molecule has 0 aromatic carbocycles. The van der Waals surface area contributed by atoms with Crippen LogP contribution in [0.25, 0.3) is 5.65 Å². The van der Waals surface area contributed by atoms with Crippen LogP contribution >= 0.6 is 0 Å². The Balaban J connectivity index is 1.53. The molecule has 0 aliphatic carbocycles. The SMILES string of the molecule is COCCn1ccnc1C1CCCN(C(=O)c2cn3c(C)cccc3n2)C1. The number of fused-ring (bicyclic) bond motifs is 1. The van der Waals surface area contributed by atoms with E-state index in [0.29, 0.717) is 18.8 Å². The Morgan fingerprint density at radius 1 is 1.37 bits per heavy atom. The van der Waals surface area contributed by atoms with E-state index >= 15 is 0 Å². The zero-order chi connectivity index (χ0) is 18.8. The first-order valence-electron chi connectivity index (χ1n) is 9.41. The minimum atomic E-state index is -0.00204. The van der Waals surface area contributed by atoms with Crippen LogP contribution in [0.15, 0.2) is 36.8 Å². The summed E-state index contributed by atoms with van der Waals surface area (Å²) in [4.78, 5) is 24.1. The van der Waals surface area contributed by atoms with Gasteiger partial charge in [-0.1, -0.05) is 6.07 Å². The number of amides is 1. The maximum absolute atomic E-state index is 13.1. The molecule has 7 heteroatoms. The van der Waals surface area contributed by atoms with Crippen LogP contribution < -0.4 is 0 Å². The number of ether oxygens (including phenoxy) is 1. The predicted octanol–water partition coefficient (Wildman–Crippen LogP) is 2.51. The second-order valence-electron chi connectivity index (χ2n) is 7.08. The lowest BCUT2D eigenvalue weighted by molar-refractivity contribution is 0.0697. The van der Waals surface area contributed by atoms with Crippen LogP contribution in [-0.2, 0) is 11.3 Å². The molecule has 1 unspecified atom stereocenters. The first-order chi connectivity index (χ1) is 13.2. The van der Waals surface area contributed by atoms with Crippen LogP contribution in [0.1, 0.15) is 40.8 Å². The number of likely N-dealkylation sites (tertiary alicyclic amines) is 1. The summed E-state index contributed by atoms with van der Waals surface area (Å²) in [5.74, 6) is 1.28. The lowest BCUT2D eigenvalue weighted by Gasteiger charge is -2.32. The first-order valence-corrected chi connectivity index (χ1v) is 9.41. The molecule has 0 spiro atoms. The van der Waals surface area contributed by atoms with E-state index in [2.05, 4.69) is 14.5 Å². The number of aryl methyl sites for hydroxylation is 1. The first kappa shape index (κ1) is 17.7. The van der Waals surface area contributed by atoms with Gasteiger partial charge in [-0.05, 0) is 31.9 Å². The average molecular weight is 367 g/mol. The van der Waals surface area contributed by atoms with Gasteiger partial charge in [0.25, 0.3) is 5.91 Å². The molecular weight excluding hydrogens is 342 g/mol. The number of piperidine rings is 1. The molecule has 0 saturated carbocycles.